The molecule has 2 saturated heterocycles. The van der Waals surface area contributed by atoms with Crippen molar-refractivity contribution in [1.82, 2.24) is 4.90 Å². The van der Waals surface area contributed by atoms with Gasteiger partial charge < -0.3 is 9.84 Å². The van der Waals surface area contributed by atoms with Crippen LogP contribution in [-0.4, -0.2) is 46.8 Å². The fourth-order valence-electron chi connectivity index (χ4n) is 3.26. The van der Waals surface area contributed by atoms with E-state index in [1.165, 1.54) is 0 Å². The molecule has 0 spiro atoms. The highest BCUT2D eigenvalue weighted by Gasteiger charge is 2.47. The number of nitrogens with zero attached hydrogens (tertiary/aromatic N) is 1. The van der Waals surface area contributed by atoms with Crippen LogP contribution in [0, 0.1) is 0 Å². The van der Waals surface area contributed by atoms with Crippen molar-refractivity contribution < 1.29 is 14.6 Å². The lowest BCUT2D eigenvalue weighted by Crippen LogP contribution is -2.52. The predicted molar refractivity (Wildman–Crippen MR) is 65.0 cm³/mol. The minimum atomic E-state index is -0.663. The molecule has 2 heterocycles. The van der Waals surface area contributed by atoms with Crippen LogP contribution >= 0.6 is 0 Å². The van der Waals surface area contributed by atoms with Crippen LogP contribution in [0.2, 0.25) is 0 Å². The molecule has 1 N–H and O–H groups in total. The molecule has 0 amide bonds. The normalized spacial score (nSPS) is 38.7. The van der Waals surface area contributed by atoms with E-state index in [4.69, 9.17) is 4.74 Å². The molecule has 98 valence electrons. The van der Waals surface area contributed by atoms with Crippen molar-refractivity contribution in [1.29, 1.82) is 0 Å². The van der Waals surface area contributed by atoms with Gasteiger partial charge in [0.15, 0.2) is 0 Å². The highest BCUT2D eigenvalue weighted by atomic mass is 16.5. The van der Waals surface area contributed by atoms with Crippen LogP contribution < -0.4 is 0 Å². The maximum Gasteiger partial charge on any atom is 0.324 e. The molecular formula is C13H23NO3. The van der Waals surface area contributed by atoms with Crippen LogP contribution in [0.15, 0.2) is 0 Å². The first-order chi connectivity index (χ1) is 8.08. The Morgan fingerprint density at radius 2 is 2.29 bits per heavy atom. The Kier molecular flexibility index (Phi) is 3.73. The molecule has 2 rings (SSSR count). The Morgan fingerprint density at radius 1 is 1.53 bits per heavy atom. The van der Waals surface area contributed by atoms with Crippen LogP contribution in [0.5, 0.6) is 0 Å². The first-order valence-corrected chi connectivity index (χ1v) is 6.72. The third kappa shape index (κ3) is 2.33. The van der Waals surface area contributed by atoms with E-state index in [-0.39, 0.29) is 6.10 Å². The van der Waals surface area contributed by atoms with E-state index in [1.54, 1.807) is 0 Å². The van der Waals surface area contributed by atoms with Crippen molar-refractivity contribution >= 4 is 5.97 Å². The lowest BCUT2D eigenvalue weighted by atomic mass is 9.92. The van der Waals surface area contributed by atoms with Crippen molar-refractivity contribution in [2.24, 2.45) is 0 Å². The molecule has 0 saturated carbocycles. The highest BCUT2D eigenvalue weighted by Crippen LogP contribution is 2.34. The van der Waals surface area contributed by atoms with Gasteiger partial charge >= 0.3 is 5.97 Å². The van der Waals surface area contributed by atoms with E-state index < -0.39 is 11.5 Å². The van der Waals surface area contributed by atoms with Crippen LogP contribution in [-0.2, 0) is 9.53 Å². The third-order valence-electron chi connectivity index (χ3n) is 4.35. The van der Waals surface area contributed by atoms with Crippen molar-refractivity contribution in [2.75, 3.05) is 13.1 Å². The van der Waals surface area contributed by atoms with Gasteiger partial charge in [-0.05, 0) is 45.6 Å². The molecule has 0 aliphatic carbocycles. The minimum Gasteiger partial charge on any atom is -0.480 e. The summed E-state index contributed by atoms with van der Waals surface area (Å²) in [4.78, 5) is 13.7. The highest BCUT2D eigenvalue weighted by molar-refractivity contribution is 5.79. The van der Waals surface area contributed by atoms with Gasteiger partial charge in [0.1, 0.15) is 5.54 Å². The smallest absolute Gasteiger partial charge is 0.324 e. The van der Waals surface area contributed by atoms with Gasteiger partial charge in [-0.25, -0.2) is 0 Å². The monoisotopic (exact) mass is 241 g/mol. The van der Waals surface area contributed by atoms with Gasteiger partial charge in [-0.15, -0.1) is 0 Å². The van der Waals surface area contributed by atoms with Gasteiger partial charge in [-0.1, -0.05) is 6.92 Å². The molecule has 17 heavy (non-hydrogen) atoms. The zero-order valence-electron chi connectivity index (χ0n) is 10.8. The number of hydrogen-bond donors (Lipinski definition) is 1. The summed E-state index contributed by atoms with van der Waals surface area (Å²) in [5.74, 6) is -0.663. The van der Waals surface area contributed by atoms with E-state index in [0.29, 0.717) is 12.5 Å². The maximum atomic E-state index is 11.5. The molecule has 0 bridgehead atoms. The SMILES string of the molecule is CCC1(C(=O)O)CCCN1CC1CCC(C)O1. The fraction of sp³-hybridized carbons (Fsp3) is 0.923. The number of aliphatic carboxylic acids is 1. The quantitative estimate of drug-likeness (QED) is 0.816. The standard InChI is InChI=1S/C13H23NO3/c1-3-13(12(15)16)7-4-8-14(13)9-11-6-5-10(2)17-11/h10-11H,3-9H2,1-2H3,(H,15,16). The van der Waals surface area contributed by atoms with Crippen molar-refractivity contribution in [3.63, 3.8) is 0 Å². The third-order valence-corrected chi connectivity index (χ3v) is 4.35. The summed E-state index contributed by atoms with van der Waals surface area (Å²) < 4.78 is 5.81. The van der Waals surface area contributed by atoms with Crippen LogP contribution in [0.25, 0.3) is 0 Å². The first kappa shape index (κ1) is 12.8. The van der Waals surface area contributed by atoms with Gasteiger partial charge in [-0.2, -0.15) is 0 Å². The number of carboxylic acid groups (broad SMARTS) is 1. The van der Waals surface area contributed by atoms with Gasteiger partial charge in [0.25, 0.3) is 0 Å². The summed E-state index contributed by atoms with van der Waals surface area (Å²) in [6.45, 7) is 5.75. The summed E-state index contributed by atoms with van der Waals surface area (Å²) in [5.41, 5.74) is -0.630. The minimum absolute atomic E-state index is 0.230. The topological polar surface area (TPSA) is 49.8 Å². The Balaban J connectivity index is 2.01. The predicted octanol–water partition coefficient (Wildman–Crippen LogP) is 1.88. The summed E-state index contributed by atoms with van der Waals surface area (Å²) in [6.07, 6.45) is 5.19. The van der Waals surface area contributed by atoms with Gasteiger partial charge in [0, 0.05) is 6.54 Å². The molecule has 0 aromatic heterocycles. The van der Waals surface area contributed by atoms with Crippen molar-refractivity contribution in [3.05, 3.63) is 0 Å². The largest absolute Gasteiger partial charge is 0.480 e. The van der Waals surface area contributed by atoms with Crippen molar-refractivity contribution in [3.8, 4) is 0 Å². The molecule has 4 heteroatoms. The maximum absolute atomic E-state index is 11.5. The molecule has 0 aromatic rings. The Bertz CT molecular complexity index is 294. The van der Waals surface area contributed by atoms with Crippen molar-refractivity contribution in [2.45, 2.75) is 63.7 Å². The number of carbonyl (C=O) groups is 1. The van der Waals surface area contributed by atoms with Crippen LogP contribution in [0.3, 0.4) is 0 Å². The second-order valence-corrected chi connectivity index (χ2v) is 5.39. The zero-order valence-corrected chi connectivity index (χ0v) is 10.8. The zero-order chi connectivity index (χ0) is 12.5. The summed E-state index contributed by atoms with van der Waals surface area (Å²) in [6, 6.07) is 0. The Morgan fingerprint density at radius 3 is 2.82 bits per heavy atom. The second-order valence-electron chi connectivity index (χ2n) is 5.39. The lowest BCUT2D eigenvalue weighted by Gasteiger charge is -2.35. The average molecular weight is 241 g/mol. The average Bonchev–Trinajstić information content (AvgIpc) is 2.86. The van der Waals surface area contributed by atoms with Gasteiger partial charge in [-0.3, -0.25) is 9.69 Å². The number of likely N-dealkylation sites (tertiary alicyclic amines) is 1. The summed E-state index contributed by atoms with van der Waals surface area (Å²) in [7, 11) is 0. The molecule has 4 nitrogen and oxygen atoms in total. The molecule has 2 fully saturated rings. The molecule has 0 aromatic carbocycles. The van der Waals surface area contributed by atoms with E-state index in [1.807, 2.05) is 6.92 Å². The van der Waals surface area contributed by atoms with E-state index >= 15 is 0 Å². The van der Waals surface area contributed by atoms with Crippen LogP contribution in [0.1, 0.15) is 46.0 Å². The number of rotatable bonds is 4. The molecule has 3 unspecified atom stereocenters. The molecule has 0 radical (unpaired) electrons. The van der Waals surface area contributed by atoms with Crippen LogP contribution in [0.4, 0.5) is 0 Å². The first-order valence-electron chi connectivity index (χ1n) is 6.72. The molecule has 2 aliphatic heterocycles. The fourth-order valence-corrected chi connectivity index (χ4v) is 3.26. The Hall–Kier alpha value is -0.610. The summed E-state index contributed by atoms with van der Waals surface area (Å²) in [5, 5.41) is 9.48. The summed E-state index contributed by atoms with van der Waals surface area (Å²) >= 11 is 0. The second kappa shape index (κ2) is 4.94. The van der Waals surface area contributed by atoms with Gasteiger partial charge in [0.05, 0.1) is 12.2 Å². The van der Waals surface area contributed by atoms with E-state index in [0.717, 1.165) is 38.8 Å². The Labute approximate surface area is 103 Å². The lowest BCUT2D eigenvalue weighted by molar-refractivity contribution is -0.151. The van der Waals surface area contributed by atoms with Gasteiger partial charge in [0.2, 0.25) is 0 Å². The number of ether oxygens (including phenoxy) is 1. The number of carboxylic acids is 1. The molecule has 3 atom stereocenters. The van der Waals surface area contributed by atoms with E-state index in [9.17, 15) is 9.90 Å². The van der Waals surface area contributed by atoms with E-state index in [2.05, 4.69) is 11.8 Å². The number of hydrogen-bond acceptors (Lipinski definition) is 3. The molecular weight excluding hydrogens is 218 g/mol. The molecule has 2 aliphatic rings.